The van der Waals surface area contributed by atoms with E-state index >= 15 is 0 Å². The quantitative estimate of drug-likeness (QED) is 0.740. The maximum atomic E-state index is 13.4. The highest BCUT2D eigenvalue weighted by atomic mass is 19.1. The molecule has 3 aromatic rings. The SMILES string of the molecule is COc1ccc(-c2nn(-c3ccc(F)cc3)c3c2CCCCN3)c(OC)c1. The van der Waals surface area contributed by atoms with Gasteiger partial charge in [0, 0.05) is 23.7 Å². The van der Waals surface area contributed by atoms with Gasteiger partial charge >= 0.3 is 0 Å². The Morgan fingerprint density at radius 2 is 1.85 bits per heavy atom. The second-order valence-corrected chi connectivity index (χ2v) is 6.51. The number of hydrogen-bond donors (Lipinski definition) is 1. The van der Waals surface area contributed by atoms with Gasteiger partial charge in [0.25, 0.3) is 0 Å². The van der Waals surface area contributed by atoms with Crippen LogP contribution in [-0.2, 0) is 6.42 Å². The third-order valence-electron chi connectivity index (χ3n) is 4.86. The summed E-state index contributed by atoms with van der Waals surface area (Å²) in [7, 11) is 3.28. The highest BCUT2D eigenvalue weighted by molar-refractivity contribution is 5.76. The first-order valence-electron chi connectivity index (χ1n) is 9.05. The van der Waals surface area contributed by atoms with Gasteiger partial charge in [0.15, 0.2) is 0 Å². The molecule has 2 heterocycles. The summed E-state index contributed by atoms with van der Waals surface area (Å²) < 4.78 is 26.1. The van der Waals surface area contributed by atoms with E-state index in [1.165, 1.54) is 12.1 Å². The number of benzene rings is 2. The number of rotatable bonds is 4. The van der Waals surface area contributed by atoms with E-state index in [0.717, 1.165) is 59.9 Å². The van der Waals surface area contributed by atoms with Crippen LogP contribution < -0.4 is 14.8 Å². The van der Waals surface area contributed by atoms with Gasteiger partial charge in [0.1, 0.15) is 28.8 Å². The predicted octanol–water partition coefficient (Wildman–Crippen LogP) is 4.44. The van der Waals surface area contributed by atoms with Crippen molar-refractivity contribution in [2.75, 3.05) is 26.1 Å². The van der Waals surface area contributed by atoms with Crippen LogP contribution in [-0.4, -0.2) is 30.5 Å². The van der Waals surface area contributed by atoms with Gasteiger partial charge in [-0.15, -0.1) is 0 Å². The molecule has 1 aromatic heterocycles. The van der Waals surface area contributed by atoms with Crippen molar-refractivity contribution in [3.8, 4) is 28.4 Å². The number of methoxy groups -OCH3 is 2. The average Bonchev–Trinajstić information content (AvgIpc) is 2.88. The second kappa shape index (κ2) is 7.31. The molecule has 0 radical (unpaired) electrons. The van der Waals surface area contributed by atoms with Crippen LogP contribution in [0.4, 0.5) is 10.2 Å². The van der Waals surface area contributed by atoms with Gasteiger partial charge in [-0.05, 0) is 55.7 Å². The molecule has 1 aliphatic rings. The van der Waals surface area contributed by atoms with E-state index in [0.29, 0.717) is 5.75 Å². The number of hydrogen-bond acceptors (Lipinski definition) is 4. The maximum absolute atomic E-state index is 13.4. The molecule has 0 unspecified atom stereocenters. The summed E-state index contributed by atoms with van der Waals surface area (Å²) in [6, 6.07) is 12.1. The minimum Gasteiger partial charge on any atom is -0.497 e. The van der Waals surface area contributed by atoms with Gasteiger partial charge in [-0.25, -0.2) is 9.07 Å². The van der Waals surface area contributed by atoms with Crippen LogP contribution in [0, 0.1) is 5.82 Å². The first-order chi connectivity index (χ1) is 13.2. The molecule has 6 heteroatoms. The zero-order valence-electron chi connectivity index (χ0n) is 15.5. The van der Waals surface area contributed by atoms with Crippen molar-refractivity contribution < 1.29 is 13.9 Å². The molecule has 4 rings (SSSR count). The number of aromatic nitrogens is 2. The topological polar surface area (TPSA) is 48.3 Å². The molecule has 0 fully saturated rings. The molecule has 0 aliphatic carbocycles. The standard InChI is InChI=1S/C21H22FN3O2/c1-26-16-10-11-17(19(13-16)27-2)20-18-5-3-4-12-23-21(18)25(24-20)15-8-6-14(22)7-9-15/h6-11,13,23H,3-5,12H2,1-2H3. The van der Waals surface area contributed by atoms with E-state index < -0.39 is 0 Å². The minimum absolute atomic E-state index is 0.262. The van der Waals surface area contributed by atoms with E-state index in [9.17, 15) is 4.39 Å². The van der Waals surface area contributed by atoms with Crippen molar-refractivity contribution in [3.05, 3.63) is 53.8 Å². The first-order valence-corrected chi connectivity index (χ1v) is 9.05. The molecule has 0 saturated carbocycles. The molecule has 0 saturated heterocycles. The number of ether oxygens (including phenoxy) is 2. The maximum Gasteiger partial charge on any atom is 0.133 e. The molecular weight excluding hydrogens is 345 g/mol. The van der Waals surface area contributed by atoms with Crippen LogP contribution in [0.2, 0.25) is 0 Å². The molecule has 0 spiro atoms. The normalized spacial score (nSPS) is 13.4. The average molecular weight is 367 g/mol. The smallest absolute Gasteiger partial charge is 0.133 e. The number of halogens is 1. The van der Waals surface area contributed by atoms with Gasteiger partial charge in [-0.3, -0.25) is 0 Å². The zero-order valence-corrected chi connectivity index (χ0v) is 15.5. The molecule has 140 valence electrons. The fourth-order valence-electron chi connectivity index (χ4n) is 3.48. The summed E-state index contributed by atoms with van der Waals surface area (Å²) in [5, 5.41) is 8.38. The molecule has 2 aromatic carbocycles. The summed E-state index contributed by atoms with van der Waals surface area (Å²) in [6.07, 6.45) is 3.10. The monoisotopic (exact) mass is 367 g/mol. The van der Waals surface area contributed by atoms with Gasteiger partial charge in [-0.2, -0.15) is 5.10 Å². The van der Waals surface area contributed by atoms with E-state index in [2.05, 4.69) is 5.32 Å². The van der Waals surface area contributed by atoms with E-state index in [1.807, 2.05) is 22.9 Å². The first kappa shape index (κ1) is 17.4. The highest BCUT2D eigenvalue weighted by Crippen LogP contribution is 2.39. The summed E-state index contributed by atoms with van der Waals surface area (Å²) in [6.45, 7) is 0.888. The van der Waals surface area contributed by atoms with Crippen molar-refractivity contribution in [3.63, 3.8) is 0 Å². The second-order valence-electron chi connectivity index (χ2n) is 6.51. The van der Waals surface area contributed by atoms with Gasteiger partial charge < -0.3 is 14.8 Å². The molecule has 5 nitrogen and oxygen atoms in total. The Morgan fingerprint density at radius 3 is 2.59 bits per heavy atom. The fraction of sp³-hybridized carbons (Fsp3) is 0.286. The van der Waals surface area contributed by atoms with E-state index in [1.54, 1.807) is 26.4 Å². The van der Waals surface area contributed by atoms with Gasteiger partial charge in [0.2, 0.25) is 0 Å². The van der Waals surface area contributed by atoms with Crippen LogP contribution in [0.3, 0.4) is 0 Å². The third-order valence-corrected chi connectivity index (χ3v) is 4.86. The summed E-state index contributed by atoms with van der Waals surface area (Å²) in [5.74, 6) is 2.15. The van der Waals surface area contributed by atoms with Crippen LogP contribution in [0.1, 0.15) is 18.4 Å². The lowest BCUT2D eigenvalue weighted by atomic mass is 10.0. The molecule has 27 heavy (non-hydrogen) atoms. The number of nitrogens with one attached hydrogen (secondary N) is 1. The fourth-order valence-corrected chi connectivity index (χ4v) is 3.48. The number of fused-ring (bicyclic) bond motifs is 1. The van der Waals surface area contributed by atoms with Gasteiger partial charge in [-0.1, -0.05) is 0 Å². The van der Waals surface area contributed by atoms with Crippen molar-refractivity contribution in [1.29, 1.82) is 0 Å². The lowest BCUT2D eigenvalue weighted by Crippen LogP contribution is -2.07. The van der Waals surface area contributed by atoms with E-state index in [4.69, 9.17) is 14.6 Å². The van der Waals surface area contributed by atoms with Crippen LogP contribution >= 0.6 is 0 Å². The summed E-state index contributed by atoms with van der Waals surface area (Å²) in [4.78, 5) is 0. The Morgan fingerprint density at radius 1 is 1.04 bits per heavy atom. The minimum atomic E-state index is -0.262. The van der Waals surface area contributed by atoms with Crippen LogP contribution in [0.25, 0.3) is 16.9 Å². The predicted molar refractivity (Wildman–Crippen MR) is 103 cm³/mol. The Bertz CT molecular complexity index is 951. The van der Waals surface area contributed by atoms with Crippen LogP contribution in [0.15, 0.2) is 42.5 Å². The highest BCUT2D eigenvalue weighted by Gasteiger charge is 2.23. The third kappa shape index (κ3) is 3.23. The largest absolute Gasteiger partial charge is 0.497 e. The van der Waals surface area contributed by atoms with Crippen molar-refractivity contribution >= 4 is 5.82 Å². The van der Waals surface area contributed by atoms with Crippen molar-refractivity contribution in [2.24, 2.45) is 0 Å². The molecular formula is C21H22FN3O2. The molecule has 1 N–H and O–H groups in total. The molecule has 0 atom stereocenters. The number of nitrogens with zero attached hydrogens (tertiary/aromatic N) is 2. The Labute approximate surface area is 157 Å². The Kier molecular flexibility index (Phi) is 4.71. The molecule has 0 amide bonds. The Balaban J connectivity index is 1.90. The summed E-state index contributed by atoms with van der Waals surface area (Å²) >= 11 is 0. The van der Waals surface area contributed by atoms with Crippen molar-refractivity contribution in [1.82, 2.24) is 9.78 Å². The zero-order chi connectivity index (χ0) is 18.8. The van der Waals surface area contributed by atoms with Gasteiger partial charge in [0.05, 0.1) is 19.9 Å². The van der Waals surface area contributed by atoms with Crippen LogP contribution in [0.5, 0.6) is 11.5 Å². The Hall–Kier alpha value is -3.02. The lowest BCUT2D eigenvalue weighted by Gasteiger charge is -2.10. The van der Waals surface area contributed by atoms with Crippen molar-refractivity contribution in [2.45, 2.75) is 19.3 Å². The van der Waals surface area contributed by atoms with E-state index in [-0.39, 0.29) is 5.82 Å². The number of anilines is 1. The molecule has 1 aliphatic heterocycles. The lowest BCUT2D eigenvalue weighted by molar-refractivity contribution is 0.395. The summed E-state index contributed by atoms with van der Waals surface area (Å²) in [5.41, 5.74) is 3.77. The molecule has 0 bridgehead atoms.